The van der Waals surface area contributed by atoms with Crippen molar-refractivity contribution in [2.45, 2.75) is 37.5 Å². The van der Waals surface area contributed by atoms with Gasteiger partial charge in [-0.25, -0.2) is 0 Å². The van der Waals surface area contributed by atoms with Gasteiger partial charge in [0.2, 0.25) is 5.91 Å². The number of rotatable bonds is 5. The number of nitrogens with one attached hydrogen (secondary N) is 1. The minimum Gasteiger partial charge on any atom is -0.326 e. The van der Waals surface area contributed by atoms with E-state index in [2.05, 4.69) is 12.2 Å². The van der Waals surface area contributed by atoms with Crippen LogP contribution in [0.5, 0.6) is 0 Å². The Kier molecular flexibility index (Phi) is 5.12. The first kappa shape index (κ1) is 12.0. The van der Waals surface area contributed by atoms with Crippen molar-refractivity contribution in [1.29, 1.82) is 0 Å². The van der Waals surface area contributed by atoms with Crippen LogP contribution in [0.4, 0.5) is 5.69 Å². The standard InChI is InChI=1S/C12H16NOS/c1-2-3-4-8-12(14)13-10-6-5-7-11(15)9-10/h5-7,9H,2-4,8H2,1H3,(H,13,14). The van der Waals surface area contributed by atoms with Crippen molar-refractivity contribution < 1.29 is 4.79 Å². The molecule has 0 bridgehead atoms. The second-order valence-electron chi connectivity index (χ2n) is 3.53. The molecule has 81 valence electrons. The van der Waals surface area contributed by atoms with Crippen LogP contribution in [-0.4, -0.2) is 5.91 Å². The number of anilines is 1. The molecule has 1 aromatic rings. The fourth-order valence-electron chi connectivity index (χ4n) is 1.33. The molecule has 1 aromatic carbocycles. The van der Waals surface area contributed by atoms with Crippen molar-refractivity contribution in [3.8, 4) is 0 Å². The summed E-state index contributed by atoms with van der Waals surface area (Å²) in [7, 11) is 0. The predicted molar refractivity (Wildman–Crippen MR) is 65.1 cm³/mol. The van der Waals surface area contributed by atoms with Crippen molar-refractivity contribution in [1.82, 2.24) is 0 Å². The zero-order chi connectivity index (χ0) is 11.1. The van der Waals surface area contributed by atoms with Gasteiger partial charge in [0.25, 0.3) is 0 Å². The van der Waals surface area contributed by atoms with Crippen molar-refractivity contribution in [2.24, 2.45) is 0 Å². The lowest BCUT2D eigenvalue weighted by molar-refractivity contribution is -0.116. The topological polar surface area (TPSA) is 29.1 Å². The molecule has 0 unspecified atom stereocenters. The summed E-state index contributed by atoms with van der Waals surface area (Å²) in [5.74, 6) is 0.0732. The van der Waals surface area contributed by atoms with Crippen molar-refractivity contribution in [2.75, 3.05) is 5.32 Å². The van der Waals surface area contributed by atoms with E-state index in [-0.39, 0.29) is 5.91 Å². The molecule has 0 atom stereocenters. The fourth-order valence-corrected chi connectivity index (χ4v) is 1.54. The molecule has 0 aliphatic rings. The molecule has 0 aliphatic heterocycles. The predicted octanol–water partition coefficient (Wildman–Crippen LogP) is 3.76. The lowest BCUT2D eigenvalue weighted by Crippen LogP contribution is -2.10. The third-order valence-corrected chi connectivity index (χ3v) is 2.38. The lowest BCUT2D eigenvalue weighted by Gasteiger charge is -2.04. The molecular formula is C12H16NOS. The molecule has 0 aliphatic carbocycles. The maximum absolute atomic E-state index is 11.5. The van der Waals surface area contributed by atoms with E-state index in [1.165, 1.54) is 0 Å². The van der Waals surface area contributed by atoms with Crippen LogP contribution in [-0.2, 0) is 4.79 Å². The van der Waals surface area contributed by atoms with E-state index >= 15 is 0 Å². The number of benzene rings is 1. The molecule has 1 N–H and O–H groups in total. The first-order chi connectivity index (χ1) is 7.22. The van der Waals surface area contributed by atoms with Gasteiger partial charge in [-0.1, -0.05) is 38.5 Å². The van der Waals surface area contributed by atoms with Crippen molar-refractivity contribution in [3.63, 3.8) is 0 Å². The Morgan fingerprint density at radius 1 is 1.40 bits per heavy atom. The molecule has 15 heavy (non-hydrogen) atoms. The number of hydrogen-bond donors (Lipinski definition) is 1. The Bertz CT molecular complexity index is 325. The summed E-state index contributed by atoms with van der Waals surface area (Å²) in [5, 5.41) is 2.84. The largest absolute Gasteiger partial charge is 0.326 e. The smallest absolute Gasteiger partial charge is 0.224 e. The highest BCUT2D eigenvalue weighted by Crippen LogP contribution is 2.13. The molecule has 2 nitrogen and oxygen atoms in total. The molecule has 1 rings (SSSR count). The monoisotopic (exact) mass is 222 g/mol. The molecule has 0 heterocycles. The Hall–Kier alpha value is -1.09. The van der Waals surface area contributed by atoms with E-state index in [1.807, 2.05) is 18.2 Å². The van der Waals surface area contributed by atoms with Crippen LogP contribution in [0, 0.1) is 0 Å². The molecule has 1 radical (unpaired) electrons. The van der Waals surface area contributed by atoms with E-state index in [1.54, 1.807) is 6.07 Å². The molecule has 0 saturated heterocycles. The van der Waals surface area contributed by atoms with Crippen LogP contribution in [0.1, 0.15) is 32.6 Å². The van der Waals surface area contributed by atoms with Gasteiger partial charge in [-0.15, -0.1) is 0 Å². The number of amides is 1. The lowest BCUT2D eigenvalue weighted by atomic mass is 10.2. The van der Waals surface area contributed by atoms with Crippen molar-refractivity contribution in [3.05, 3.63) is 24.3 Å². The van der Waals surface area contributed by atoms with Gasteiger partial charge in [0, 0.05) is 17.0 Å². The Labute approximate surface area is 96.5 Å². The molecule has 0 saturated carbocycles. The number of carbonyl (C=O) groups excluding carboxylic acids is 1. The quantitative estimate of drug-likeness (QED) is 0.755. The summed E-state index contributed by atoms with van der Waals surface area (Å²) >= 11 is 5.01. The zero-order valence-corrected chi connectivity index (χ0v) is 9.77. The summed E-state index contributed by atoms with van der Waals surface area (Å²) in [6, 6.07) is 7.34. The molecule has 0 fully saturated rings. The van der Waals surface area contributed by atoms with Crippen LogP contribution < -0.4 is 5.32 Å². The average Bonchev–Trinajstić information content (AvgIpc) is 2.18. The first-order valence-corrected chi connectivity index (χ1v) is 5.70. The first-order valence-electron chi connectivity index (χ1n) is 5.29. The minimum atomic E-state index is 0.0732. The summed E-state index contributed by atoms with van der Waals surface area (Å²) in [6.45, 7) is 2.12. The van der Waals surface area contributed by atoms with Gasteiger partial charge in [-0.2, -0.15) is 0 Å². The summed E-state index contributed by atoms with van der Waals surface area (Å²) < 4.78 is 0. The van der Waals surface area contributed by atoms with Gasteiger partial charge in [-0.05, 0) is 24.6 Å². The Morgan fingerprint density at radius 2 is 2.20 bits per heavy atom. The second-order valence-corrected chi connectivity index (χ2v) is 4.00. The van der Waals surface area contributed by atoms with Gasteiger partial charge >= 0.3 is 0 Å². The number of unbranched alkanes of at least 4 members (excludes halogenated alkanes) is 2. The third-order valence-electron chi connectivity index (χ3n) is 2.13. The van der Waals surface area contributed by atoms with Crippen LogP contribution in [0.3, 0.4) is 0 Å². The third kappa shape index (κ3) is 4.79. The van der Waals surface area contributed by atoms with Gasteiger partial charge in [0.15, 0.2) is 0 Å². The van der Waals surface area contributed by atoms with E-state index in [0.29, 0.717) is 6.42 Å². The maximum Gasteiger partial charge on any atom is 0.224 e. The molecule has 3 heteroatoms. The molecular weight excluding hydrogens is 206 g/mol. The van der Waals surface area contributed by atoms with E-state index < -0.39 is 0 Å². The second kappa shape index (κ2) is 6.40. The SMILES string of the molecule is CCCCCC(=O)Nc1cccc([S])c1. The van der Waals surface area contributed by atoms with E-state index in [9.17, 15) is 4.79 Å². The van der Waals surface area contributed by atoms with Crippen LogP contribution in [0.15, 0.2) is 29.2 Å². The Balaban J connectivity index is 2.37. The van der Waals surface area contributed by atoms with Gasteiger partial charge in [0.1, 0.15) is 0 Å². The van der Waals surface area contributed by atoms with E-state index in [0.717, 1.165) is 29.8 Å². The molecule has 1 amide bonds. The minimum absolute atomic E-state index is 0.0732. The molecule has 0 aromatic heterocycles. The fraction of sp³-hybridized carbons (Fsp3) is 0.417. The highest BCUT2D eigenvalue weighted by Gasteiger charge is 2.01. The number of carbonyl (C=O) groups is 1. The average molecular weight is 222 g/mol. The summed E-state index contributed by atoms with van der Waals surface area (Å²) in [6.07, 6.45) is 3.79. The molecule has 0 spiro atoms. The Morgan fingerprint density at radius 3 is 2.87 bits per heavy atom. The van der Waals surface area contributed by atoms with Gasteiger partial charge in [-0.3, -0.25) is 4.79 Å². The highest BCUT2D eigenvalue weighted by atomic mass is 32.1. The van der Waals surface area contributed by atoms with Crippen LogP contribution >= 0.6 is 12.6 Å². The summed E-state index contributed by atoms with van der Waals surface area (Å²) in [5.41, 5.74) is 0.795. The van der Waals surface area contributed by atoms with E-state index in [4.69, 9.17) is 12.6 Å². The van der Waals surface area contributed by atoms with Gasteiger partial charge in [0.05, 0.1) is 0 Å². The zero-order valence-electron chi connectivity index (χ0n) is 8.95. The van der Waals surface area contributed by atoms with Crippen molar-refractivity contribution >= 4 is 24.2 Å². The van der Waals surface area contributed by atoms with Gasteiger partial charge < -0.3 is 5.32 Å². The highest BCUT2D eigenvalue weighted by molar-refractivity contribution is 7.80. The summed E-state index contributed by atoms with van der Waals surface area (Å²) in [4.78, 5) is 12.2. The van der Waals surface area contributed by atoms with Crippen LogP contribution in [0.25, 0.3) is 0 Å². The number of hydrogen-bond acceptors (Lipinski definition) is 1. The maximum atomic E-state index is 11.5. The normalized spacial score (nSPS) is 9.93. The van der Waals surface area contributed by atoms with Crippen LogP contribution in [0.2, 0.25) is 0 Å².